The van der Waals surface area contributed by atoms with E-state index in [2.05, 4.69) is 5.32 Å². The van der Waals surface area contributed by atoms with Crippen LogP contribution in [0, 0.1) is 0 Å². The standard InChI is InChI=1S/C11H14Cl2N2O/c1-7(6-14)15-11(16)5-8-2-3-9(12)10(13)4-8/h2-4,7H,5-6,14H2,1H3,(H,15,16). The van der Waals surface area contributed by atoms with Crippen molar-refractivity contribution in [2.24, 2.45) is 5.73 Å². The predicted molar refractivity (Wildman–Crippen MR) is 66.8 cm³/mol. The fourth-order valence-corrected chi connectivity index (χ4v) is 1.54. The summed E-state index contributed by atoms with van der Waals surface area (Å²) in [5, 5.41) is 3.72. The average Bonchev–Trinajstić information content (AvgIpc) is 2.23. The molecule has 3 N–H and O–H groups in total. The number of halogens is 2. The Morgan fingerprint density at radius 1 is 1.44 bits per heavy atom. The Hall–Kier alpha value is -0.770. The summed E-state index contributed by atoms with van der Waals surface area (Å²) in [7, 11) is 0. The zero-order valence-corrected chi connectivity index (χ0v) is 10.5. The van der Waals surface area contributed by atoms with Gasteiger partial charge in [-0.2, -0.15) is 0 Å². The van der Waals surface area contributed by atoms with Crippen LogP contribution in [0.2, 0.25) is 10.0 Å². The summed E-state index contributed by atoms with van der Waals surface area (Å²) in [6.45, 7) is 2.28. The molecule has 1 aromatic rings. The van der Waals surface area contributed by atoms with Crippen molar-refractivity contribution in [3.8, 4) is 0 Å². The number of rotatable bonds is 4. The number of nitrogens with one attached hydrogen (secondary N) is 1. The van der Waals surface area contributed by atoms with E-state index in [1.807, 2.05) is 6.92 Å². The number of amides is 1. The second-order valence-corrected chi connectivity index (χ2v) is 4.44. The van der Waals surface area contributed by atoms with Gasteiger partial charge >= 0.3 is 0 Å². The molecule has 0 bridgehead atoms. The van der Waals surface area contributed by atoms with Crippen LogP contribution >= 0.6 is 23.2 Å². The summed E-state index contributed by atoms with van der Waals surface area (Å²) in [6.07, 6.45) is 0.279. The third kappa shape index (κ3) is 4.00. The number of hydrogen-bond donors (Lipinski definition) is 2. The smallest absolute Gasteiger partial charge is 0.224 e. The maximum atomic E-state index is 11.5. The maximum Gasteiger partial charge on any atom is 0.224 e. The van der Waals surface area contributed by atoms with Gasteiger partial charge in [-0.25, -0.2) is 0 Å². The first kappa shape index (κ1) is 13.3. The molecular weight excluding hydrogens is 247 g/mol. The highest BCUT2D eigenvalue weighted by atomic mass is 35.5. The van der Waals surface area contributed by atoms with E-state index < -0.39 is 0 Å². The van der Waals surface area contributed by atoms with Crippen molar-refractivity contribution in [1.29, 1.82) is 0 Å². The molecule has 1 amide bonds. The Morgan fingerprint density at radius 3 is 2.69 bits per heavy atom. The molecule has 1 aromatic carbocycles. The molecular formula is C11H14Cl2N2O. The lowest BCUT2D eigenvalue weighted by Gasteiger charge is -2.11. The zero-order valence-electron chi connectivity index (χ0n) is 8.97. The van der Waals surface area contributed by atoms with Crippen LogP contribution < -0.4 is 11.1 Å². The number of hydrogen-bond acceptors (Lipinski definition) is 2. The van der Waals surface area contributed by atoms with Gasteiger partial charge in [-0.1, -0.05) is 29.3 Å². The van der Waals surface area contributed by atoms with Gasteiger partial charge in [0, 0.05) is 12.6 Å². The van der Waals surface area contributed by atoms with Crippen LogP contribution in [0.3, 0.4) is 0 Å². The third-order valence-corrected chi connectivity index (χ3v) is 2.85. The van der Waals surface area contributed by atoms with Gasteiger partial charge in [0.05, 0.1) is 16.5 Å². The van der Waals surface area contributed by atoms with E-state index in [1.165, 1.54) is 0 Å². The number of nitrogens with two attached hydrogens (primary N) is 1. The lowest BCUT2D eigenvalue weighted by molar-refractivity contribution is -0.120. The minimum absolute atomic E-state index is 0.0183. The van der Waals surface area contributed by atoms with Crippen LogP contribution in [0.15, 0.2) is 18.2 Å². The molecule has 1 unspecified atom stereocenters. The van der Waals surface area contributed by atoms with E-state index in [0.29, 0.717) is 16.6 Å². The maximum absolute atomic E-state index is 11.5. The Balaban J connectivity index is 2.59. The highest BCUT2D eigenvalue weighted by Gasteiger charge is 2.07. The molecule has 0 fully saturated rings. The first-order chi connectivity index (χ1) is 7.52. The lowest BCUT2D eigenvalue weighted by atomic mass is 10.1. The van der Waals surface area contributed by atoms with Crippen molar-refractivity contribution >= 4 is 29.1 Å². The van der Waals surface area contributed by atoms with Gasteiger partial charge in [-0.3, -0.25) is 4.79 Å². The predicted octanol–water partition coefficient (Wildman–Crippen LogP) is 2.00. The van der Waals surface area contributed by atoms with Gasteiger partial charge in [0.1, 0.15) is 0 Å². The molecule has 0 aliphatic rings. The molecule has 0 spiro atoms. The van der Waals surface area contributed by atoms with Gasteiger partial charge in [0.15, 0.2) is 0 Å². The van der Waals surface area contributed by atoms with Crippen molar-refractivity contribution in [2.45, 2.75) is 19.4 Å². The Morgan fingerprint density at radius 2 is 2.12 bits per heavy atom. The molecule has 0 aromatic heterocycles. The largest absolute Gasteiger partial charge is 0.352 e. The monoisotopic (exact) mass is 260 g/mol. The second kappa shape index (κ2) is 6.09. The number of benzene rings is 1. The summed E-state index contributed by atoms with van der Waals surface area (Å²) in [5.41, 5.74) is 6.23. The Kier molecular flexibility index (Phi) is 5.06. The Bertz CT molecular complexity index is 382. The molecule has 88 valence electrons. The van der Waals surface area contributed by atoms with E-state index >= 15 is 0 Å². The highest BCUT2D eigenvalue weighted by molar-refractivity contribution is 6.42. The first-order valence-electron chi connectivity index (χ1n) is 4.96. The highest BCUT2D eigenvalue weighted by Crippen LogP contribution is 2.22. The fourth-order valence-electron chi connectivity index (χ4n) is 1.22. The molecule has 1 rings (SSSR count). The van der Waals surface area contributed by atoms with E-state index in [-0.39, 0.29) is 18.4 Å². The number of carbonyl (C=O) groups is 1. The Labute approximate surface area is 105 Å². The van der Waals surface area contributed by atoms with E-state index in [1.54, 1.807) is 18.2 Å². The molecule has 0 saturated carbocycles. The topological polar surface area (TPSA) is 55.1 Å². The van der Waals surface area contributed by atoms with Crippen LogP contribution in [0.25, 0.3) is 0 Å². The third-order valence-electron chi connectivity index (χ3n) is 2.11. The summed E-state index contributed by atoms with van der Waals surface area (Å²) in [5.74, 6) is -0.0728. The minimum Gasteiger partial charge on any atom is -0.352 e. The summed E-state index contributed by atoms with van der Waals surface area (Å²) >= 11 is 11.6. The molecule has 0 aliphatic carbocycles. The van der Waals surface area contributed by atoms with Gasteiger partial charge in [0.2, 0.25) is 5.91 Å². The number of carbonyl (C=O) groups excluding carboxylic acids is 1. The lowest BCUT2D eigenvalue weighted by Crippen LogP contribution is -2.38. The van der Waals surface area contributed by atoms with Gasteiger partial charge in [0.25, 0.3) is 0 Å². The van der Waals surface area contributed by atoms with Crippen molar-refractivity contribution in [3.05, 3.63) is 33.8 Å². The molecule has 5 heteroatoms. The van der Waals surface area contributed by atoms with Crippen LogP contribution in [0.1, 0.15) is 12.5 Å². The summed E-state index contributed by atoms with van der Waals surface area (Å²) in [6, 6.07) is 5.13. The van der Waals surface area contributed by atoms with Crippen molar-refractivity contribution in [2.75, 3.05) is 6.54 Å². The van der Waals surface area contributed by atoms with Crippen molar-refractivity contribution < 1.29 is 4.79 Å². The minimum atomic E-state index is -0.0728. The van der Waals surface area contributed by atoms with Crippen LogP contribution in [-0.2, 0) is 11.2 Å². The molecule has 1 atom stereocenters. The average molecular weight is 261 g/mol. The van der Waals surface area contributed by atoms with Gasteiger partial charge in [-0.05, 0) is 24.6 Å². The normalized spacial score (nSPS) is 12.2. The molecule has 3 nitrogen and oxygen atoms in total. The van der Waals surface area contributed by atoms with Crippen LogP contribution in [0.4, 0.5) is 0 Å². The molecule has 0 saturated heterocycles. The molecule has 0 radical (unpaired) electrons. The summed E-state index contributed by atoms with van der Waals surface area (Å²) < 4.78 is 0. The van der Waals surface area contributed by atoms with Crippen LogP contribution in [0.5, 0.6) is 0 Å². The fraction of sp³-hybridized carbons (Fsp3) is 0.364. The first-order valence-corrected chi connectivity index (χ1v) is 5.72. The van der Waals surface area contributed by atoms with Crippen LogP contribution in [-0.4, -0.2) is 18.5 Å². The molecule has 0 aliphatic heterocycles. The quantitative estimate of drug-likeness (QED) is 0.870. The van der Waals surface area contributed by atoms with E-state index in [4.69, 9.17) is 28.9 Å². The SMILES string of the molecule is CC(CN)NC(=O)Cc1ccc(Cl)c(Cl)c1. The van der Waals surface area contributed by atoms with Crippen molar-refractivity contribution in [1.82, 2.24) is 5.32 Å². The zero-order chi connectivity index (χ0) is 12.1. The van der Waals surface area contributed by atoms with E-state index in [0.717, 1.165) is 5.56 Å². The van der Waals surface area contributed by atoms with E-state index in [9.17, 15) is 4.79 Å². The van der Waals surface area contributed by atoms with Gasteiger partial charge in [-0.15, -0.1) is 0 Å². The summed E-state index contributed by atoms with van der Waals surface area (Å²) in [4.78, 5) is 11.5. The second-order valence-electron chi connectivity index (χ2n) is 3.63. The van der Waals surface area contributed by atoms with Crippen molar-refractivity contribution in [3.63, 3.8) is 0 Å². The molecule has 0 heterocycles. The van der Waals surface area contributed by atoms with Gasteiger partial charge < -0.3 is 11.1 Å². The molecule has 16 heavy (non-hydrogen) atoms.